The third-order valence-electron chi connectivity index (χ3n) is 1.64. The summed E-state index contributed by atoms with van der Waals surface area (Å²) in [5.74, 6) is -0.213. The number of halogens is 1. The predicted molar refractivity (Wildman–Crippen MR) is 56.0 cm³/mol. The number of nitrogens with zero attached hydrogens (tertiary/aromatic N) is 1. The minimum Gasteiger partial charge on any atom is -0.394 e. The summed E-state index contributed by atoms with van der Waals surface area (Å²) in [7, 11) is 0. The first-order valence-corrected chi connectivity index (χ1v) is 4.96. The van der Waals surface area contributed by atoms with Crippen LogP contribution in [0.4, 0.5) is 0 Å². The van der Waals surface area contributed by atoms with E-state index in [0.717, 1.165) is 0 Å². The lowest BCUT2D eigenvalue weighted by atomic mass is 10.2. The molecule has 14 heavy (non-hydrogen) atoms. The Balaban J connectivity index is 2.70. The molecule has 1 atom stereocenters. The van der Waals surface area contributed by atoms with Gasteiger partial charge in [-0.15, -0.1) is 0 Å². The quantitative estimate of drug-likeness (QED) is 0.794. The van der Waals surface area contributed by atoms with Gasteiger partial charge in [-0.25, -0.2) is 4.98 Å². The molecule has 0 fully saturated rings. The zero-order valence-electron chi connectivity index (χ0n) is 7.70. The molecule has 76 valence electrons. The molecule has 0 aliphatic heterocycles. The van der Waals surface area contributed by atoms with Gasteiger partial charge in [0.05, 0.1) is 6.61 Å². The molecule has 0 aliphatic carbocycles. The van der Waals surface area contributed by atoms with Crippen LogP contribution in [0.2, 0.25) is 0 Å². The molecule has 2 N–H and O–H groups in total. The minimum absolute atomic E-state index is 0.0714. The SMILES string of the molecule is C[C@@H](CO)NC(=O)c1ccnc(Br)c1. The molecule has 1 aromatic rings. The van der Waals surface area contributed by atoms with Gasteiger partial charge in [-0.3, -0.25) is 4.79 Å². The monoisotopic (exact) mass is 258 g/mol. The van der Waals surface area contributed by atoms with Crippen molar-refractivity contribution in [3.8, 4) is 0 Å². The Hall–Kier alpha value is -0.940. The van der Waals surface area contributed by atoms with E-state index in [-0.39, 0.29) is 18.6 Å². The van der Waals surface area contributed by atoms with Crippen molar-refractivity contribution in [2.24, 2.45) is 0 Å². The maximum Gasteiger partial charge on any atom is 0.251 e. The standard InChI is InChI=1S/C9H11BrN2O2/c1-6(5-13)12-9(14)7-2-3-11-8(10)4-7/h2-4,6,13H,5H2,1H3,(H,12,14)/t6-/m0/s1. The smallest absolute Gasteiger partial charge is 0.251 e. The van der Waals surface area contributed by atoms with E-state index in [0.29, 0.717) is 10.2 Å². The van der Waals surface area contributed by atoms with Crippen LogP contribution in [0.3, 0.4) is 0 Å². The molecule has 0 saturated carbocycles. The van der Waals surface area contributed by atoms with Crippen molar-refractivity contribution < 1.29 is 9.90 Å². The number of carbonyl (C=O) groups excluding carboxylic acids is 1. The topological polar surface area (TPSA) is 62.2 Å². The summed E-state index contributed by atoms with van der Waals surface area (Å²) in [6.07, 6.45) is 1.54. The predicted octanol–water partition coefficient (Wildman–Crippen LogP) is 0.955. The van der Waals surface area contributed by atoms with E-state index in [1.54, 1.807) is 25.3 Å². The van der Waals surface area contributed by atoms with Crippen LogP contribution in [0, 0.1) is 0 Å². The Bertz CT molecular complexity index is 330. The fourth-order valence-electron chi connectivity index (χ4n) is 0.896. The summed E-state index contributed by atoms with van der Waals surface area (Å²) in [5.41, 5.74) is 0.521. The second kappa shape index (κ2) is 5.07. The van der Waals surface area contributed by atoms with Gasteiger partial charge in [-0.05, 0) is 35.0 Å². The fourth-order valence-corrected chi connectivity index (χ4v) is 1.26. The number of pyridine rings is 1. The van der Waals surface area contributed by atoms with Crippen molar-refractivity contribution in [3.05, 3.63) is 28.5 Å². The Morgan fingerprint density at radius 1 is 1.79 bits per heavy atom. The number of rotatable bonds is 3. The summed E-state index contributed by atoms with van der Waals surface area (Å²) in [6, 6.07) is 3.00. The van der Waals surface area contributed by atoms with E-state index in [9.17, 15) is 4.79 Å². The van der Waals surface area contributed by atoms with Gasteiger partial charge < -0.3 is 10.4 Å². The summed E-state index contributed by atoms with van der Waals surface area (Å²) < 4.78 is 0.613. The van der Waals surface area contributed by atoms with E-state index in [1.165, 1.54) is 0 Å². The highest BCUT2D eigenvalue weighted by molar-refractivity contribution is 9.10. The molecular weight excluding hydrogens is 248 g/mol. The van der Waals surface area contributed by atoms with Crippen molar-refractivity contribution in [2.45, 2.75) is 13.0 Å². The molecule has 0 saturated heterocycles. The van der Waals surface area contributed by atoms with Crippen LogP contribution < -0.4 is 5.32 Å². The summed E-state index contributed by atoms with van der Waals surface area (Å²) >= 11 is 3.17. The molecule has 1 rings (SSSR count). The Morgan fingerprint density at radius 2 is 2.50 bits per heavy atom. The van der Waals surface area contributed by atoms with Crippen molar-refractivity contribution in [1.29, 1.82) is 0 Å². The van der Waals surface area contributed by atoms with Gasteiger partial charge in [0.15, 0.2) is 0 Å². The number of nitrogens with one attached hydrogen (secondary N) is 1. The zero-order chi connectivity index (χ0) is 10.6. The van der Waals surface area contributed by atoms with Crippen LogP contribution in [0.25, 0.3) is 0 Å². The van der Waals surface area contributed by atoms with E-state index in [4.69, 9.17) is 5.11 Å². The van der Waals surface area contributed by atoms with Crippen molar-refractivity contribution in [3.63, 3.8) is 0 Å². The molecule has 1 amide bonds. The molecule has 0 spiro atoms. The van der Waals surface area contributed by atoms with Crippen LogP contribution in [0.15, 0.2) is 22.9 Å². The third kappa shape index (κ3) is 3.08. The highest BCUT2D eigenvalue weighted by Gasteiger charge is 2.08. The Morgan fingerprint density at radius 3 is 3.07 bits per heavy atom. The summed E-state index contributed by atoms with van der Waals surface area (Å²) in [4.78, 5) is 15.4. The van der Waals surface area contributed by atoms with Crippen molar-refractivity contribution in [2.75, 3.05) is 6.61 Å². The molecule has 0 bridgehead atoms. The Labute approximate surface area is 90.5 Å². The summed E-state index contributed by atoms with van der Waals surface area (Å²) in [5, 5.41) is 11.4. The van der Waals surface area contributed by atoms with Crippen LogP contribution in [0.5, 0.6) is 0 Å². The molecule has 0 aliphatic rings. The van der Waals surface area contributed by atoms with E-state index < -0.39 is 0 Å². The van der Waals surface area contributed by atoms with Crippen LogP contribution >= 0.6 is 15.9 Å². The average molecular weight is 259 g/mol. The first kappa shape index (κ1) is 11.1. The van der Waals surface area contributed by atoms with Crippen LogP contribution in [-0.2, 0) is 0 Å². The lowest BCUT2D eigenvalue weighted by molar-refractivity contribution is 0.0922. The number of amides is 1. The number of aliphatic hydroxyl groups is 1. The number of hydrogen-bond acceptors (Lipinski definition) is 3. The number of aromatic nitrogens is 1. The highest BCUT2D eigenvalue weighted by atomic mass is 79.9. The van der Waals surface area contributed by atoms with Crippen LogP contribution in [0.1, 0.15) is 17.3 Å². The third-order valence-corrected chi connectivity index (χ3v) is 2.07. The van der Waals surface area contributed by atoms with Crippen molar-refractivity contribution in [1.82, 2.24) is 10.3 Å². The van der Waals surface area contributed by atoms with Gasteiger partial charge in [0.2, 0.25) is 0 Å². The zero-order valence-corrected chi connectivity index (χ0v) is 9.28. The lowest BCUT2D eigenvalue weighted by Crippen LogP contribution is -2.34. The molecule has 0 radical (unpaired) electrons. The maximum absolute atomic E-state index is 11.5. The Kier molecular flexibility index (Phi) is 4.03. The normalized spacial score (nSPS) is 12.2. The molecule has 1 aromatic heterocycles. The van der Waals surface area contributed by atoms with Gasteiger partial charge in [-0.2, -0.15) is 0 Å². The van der Waals surface area contributed by atoms with Gasteiger partial charge in [0.25, 0.3) is 5.91 Å². The summed E-state index contributed by atoms with van der Waals surface area (Å²) in [6.45, 7) is 1.66. The van der Waals surface area contributed by atoms with Gasteiger partial charge >= 0.3 is 0 Å². The van der Waals surface area contributed by atoms with Gasteiger partial charge in [0.1, 0.15) is 4.60 Å². The second-order valence-electron chi connectivity index (χ2n) is 2.92. The fraction of sp³-hybridized carbons (Fsp3) is 0.333. The highest BCUT2D eigenvalue weighted by Crippen LogP contribution is 2.07. The largest absolute Gasteiger partial charge is 0.394 e. The maximum atomic E-state index is 11.5. The number of hydrogen-bond donors (Lipinski definition) is 2. The van der Waals surface area contributed by atoms with Crippen molar-refractivity contribution >= 4 is 21.8 Å². The van der Waals surface area contributed by atoms with E-state index >= 15 is 0 Å². The molecule has 0 unspecified atom stereocenters. The number of carbonyl (C=O) groups is 1. The van der Waals surface area contributed by atoms with Gasteiger partial charge in [0, 0.05) is 17.8 Å². The molecule has 5 heteroatoms. The first-order chi connectivity index (χ1) is 6.63. The average Bonchev–Trinajstić information content (AvgIpc) is 2.17. The van der Waals surface area contributed by atoms with E-state index in [2.05, 4.69) is 26.2 Å². The van der Waals surface area contributed by atoms with Crippen LogP contribution in [-0.4, -0.2) is 28.6 Å². The molecule has 1 heterocycles. The number of aliphatic hydroxyl groups excluding tert-OH is 1. The molecular formula is C9H11BrN2O2. The first-order valence-electron chi connectivity index (χ1n) is 4.16. The van der Waals surface area contributed by atoms with E-state index in [1.807, 2.05) is 0 Å². The van der Waals surface area contributed by atoms with Gasteiger partial charge in [-0.1, -0.05) is 0 Å². The minimum atomic E-state index is -0.241. The molecule has 4 nitrogen and oxygen atoms in total. The lowest BCUT2D eigenvalue weighted by Gasteiger charge is -2.10. The molecule has 0 aromatic carbocycles. The second-order valence-corrected chi connectivity index (χ2v) is 3.74.